The molecule has 1 aromatic carbocycles. The number of nitrogens with zero attached hydrogens (tertiary/aromatic N) is 1. The van der Waals surface area contributed by atoms with E-state index in [9.17, 15) is 0 Å². The predicted molar refractivity (Wildman–Crippen MR) is 92.8 cm³/mol. The van der Waals surface area contributed by atoms with Crippen molar-refractivity contribution >= 4 is 33.0 Å². The number of benzene rings is 1. The second kappa shape index (κ2) is 6.74. The quantitative estimate of drug-likeness (QED) is 0.815. The molecule has 0 amide bonds. The molecule has 0 fully saturated rings. The fourth-order valence-electron chi connectivity index (χ4n) is 2.27. The molecule has 0 bridgehead atoms. The molecule has 0 saturated carbocycles. The Morgan fingerprint density at radius 1 is 1.25 bits per heavy atom. The summed E-state index contributed by atoms with van der Waals surface area (Å²) < 4.78 is 1.12. The van der Waals surface area contributed by atoms with Gasteiger partial charge in [0.2, 0.25) is 0 Å². The summed E-state index contributed by atoms with van der Waals surface area (Å²) in [7, 11) is 4.16. The van der Waals surface area contributed by atoms with Gasteiger partial charge in [-0.05, 0) is 50.0 Å². The predicted octanol–water partition coefficient (Wildman–Crippen LogP) is 4.99. The normalized spacial score (nSPS) is 14.1. The largest absolute Gasteiger partial charge is 0.367 e. The van der Waals surface area contributed by atoms with Crippen molar-refractivity contribution in [2.75, 3.05) is 19.0 Å². The standard InChI is InChI=1S/C16H21BrN2S/c1-11(18-3)14-8-7-13(17)10-15(14)19(4)12(2)16-6-5-9-20-16/h5-12,18H,1-4H3. The minimum atomic E-state index is 0.330. The molecule has 0 spiro atoms. The van der Waals surface area contributed by atoms with Crippen LogP contribution in [0.5, 0.6) is 0 Å². The van der Waals surface area contributed by atoms with E-state index in [1.165, 1.54) is 16.1 Å². The zero-order chi connectivity index (χ0) is 14.7. The lowest BCUT2D eigenvalue weighted by atomic mass is 10.0. The molecular weight excluding hydrogens is 332 g/mol. The molecular formula is C16H21BrN2S. The lowest BCUT2D eigenvalue weighted by Gasteiger charge is -2.30. The van der Waals surface area contributed by atoms with Gasteiger partial charge in [0.25, 0.3) is 0 Å². The topological polar surface area (TPSA) is 15.3 Å². The van der Waals surface area contributed by atoms with E-state index in [1.54, 1.807) is 0 Å². The number of halogens is 1. The molecule has 0 aliphatic rings. The highest BCUT2D eigenvalue weighted by Crippen LogP contribution is 2.34. The lowest BCUT2D eigenvalue weighted by molar-refractivity contribution is 0.644. The van der Waals surface area contributed by atoms with Gasteiger partial charge in [-0.2, -0.15) is 0 Å². The van der Waals surface area contributed by atoms with Gasteiger partial charge in [-0.15, -0.1) is 11.3 Å². The maximum absolute atomic E-state index is 3.59. The molecule has 2 atom stereocenters. The highest BCUT2D eigenvalue weighted by Gasteiger charge is 2.18. The summed E-state index contributed by atoms with van der Waals surface area (Å²) >= 11 is 5.40. The first-order chi connectivity index (χ1) is 9.54. The third-order valence-corrected chi connectivity index (χ3v) is 5.34. The summed E-state index contributed by atoms with van der Waals surface area (Å²) in [6.45, 7) is 4.44. The van der Waals surface area contributed by atoms with Crippen LogP contribution in [0.15, 0.2) is 40.2 Å². The van der Waals surface area contributed by atoms with E-state index in [0.717, 1.165) is 4.47 Å². The van der Waals surface area contributed by atoms with E-state index in [0.29, 0.717) is 12.1 Å². The minimum Gasteiger partial charge on any atom is -0.367 e. The molecule has 1 heterocycles. The minimum absolute atomic E-state index is 0.330. The number of nitrogens with one attached hydrogen (secondary N) is 1. The van der Waals surface area contributed by atoms with Gasteiger partial charge >= 0.3 is 0 Å². The molecule has 108 valence electrons. The maximum atomic E-state index is 3.59. The second-order valence-electron chi connectivity index (χ2n) is 5.02. The van der Waals surface area contributed by atoms with Crippen LogP contribution in [0, 0.1) is 0 Å². The van der Waals surface area contributed by atoms with Crippen molar-refractivity contribution in [3.05, 3.63) is 50.6 Å². The van der Waals surface area contributed by atoms with E-state index in [1.807, 2.05) is 18.4 Å². The zero-order valence-electron chi connectivity index (χ0n) is 12.4. The average Bonchev–Trinajstić information content (AvgIpc) is 2.99. The van der Waals surface area contributed by atoms with Crippen LogP contribution in [0.25, 0.3) is 0 Å². The van der Waals surface area contributed by atoms with Crippen molar-refractivity contribution in [3.63, 3.8) is 0 Å². The molecule has 20 heavy (non-hydrogen) atoms. The van der Waals surface area contributed by atoms with Crippen LogP contribution in [0.1, 0.15) is 36.4 Å². The Hall–Kier alpha value is -0.840. The number of hydrogen-bond donors (Lipinski definition) is 1. The van der Waals surface area contributed by atoms with Gasteiger partial charge in [0.05, 0.1) is 6.04 Å². The molecule has 2 unspecified atom stereocenters. The Morgan fingerprint density at radius 2 is 2.00 bits per heavy atom. The summed E-state index contributed by atoms with van der Waals surface area (Å²) in [5, 5.41) is 5.47. The summed E-state index contributed by atoms with van der Waals surface area (Å²) in [6, 6.07) is 11.5. The van der Waals surface area contributed by atoms with Crippen molar-refractivity contribution in [1.29, 1.82) is 0 Å². The van der Waals surface area contributed by atoms with Gasteiger partial charge in [-0.1, -0.05) is 28.1 Å². The molecule has 2 nitrogen and oxygen atoms in total. The third-order valence-electron chi connectivity index (χ3n) is 3.81. The third kappa shape index (κ3) is 3.25. The first-order valence-electron chi connectivity index (χ1n) is 6.77. The Bertz CT molecular complexity index is 554. The summed E-state index contributed by atoms with van der Waals surface area (Å²) in [4.78, 5) is 3.73. The molecule has 0 aliphatic carbocycles. The Balaban J connectivity index is 2.37. The maximum Gasteiger partial charge on any atom is 0.0603 e. The lowest BCUT2D eigenvalue weighted by Crippen LogP contribution is -2.24. The van der Waals surface area contributed by atoms with Crippen LogP contribution < -0.4 is 10.2 Å². The van der Waals surface area contributed by atoms with Crippen molar-refractivity contribution in [1.82, 2.24) is 5.32 Å². The Kier molecular flexibility index (Phi) is 5.24. The zero-order valence-corrected chi connectivity index (χ0v) is 14.8. The van der Waals surface area contributed by atoms with Gasteiger partial charge in [0, 0.05) is 28.1 Å². The highest BCUT2D eigenvalue weighted by atomic mass is 79.9. The average molecular weight is 353 g/mol. The Morgan fingerprint density at radius 3 is 2.60 bits per heavy atom. The number of thiophene rings is 1. The van der Waals surface area contributed by atoms with E-state index >= 15 is 0 Å². The first-order valence-corrected chi connectivity index (χ1v) is 8.44. The van der Waals surface area contributed by atoms with E-state index in [4.69, 9.17) is 0 Å². The summed E-state index contributed by atoms with van der Waals surface area (Å²) in [5.74, 6) is 0. The van der Waals surface area contributed by atoms with Crippen LogP contribution >= 0.6 is 27.3 Å². The molecule has 4 heteroatoms. The van der Waals surface area contributed by atoms with Crippen molar-refractivity contribution < 1.29 is 0 Å². The fraction of sp³-hybridized carbons (Fsp3) is 0.375. The monoisotopic (exact) mass is 352 g/mol. The SMILES string of the molecule is CNC(C)c1ccc(Br)cc1N(C)C(C)c1cccs1. The Labute approximate surface area is 133 Å². The summed E-state index contributed by atoms with van der Waals surface area (Å²) in [5.41, 5.74) is 2.59. The molecule has 2 aromatic rings. The second-order valence-corrected chi connectivity index (χ2v) is 6.91. The van der Waals surface area contributed by atoms with Crippen molar-refractivity contribution in [3.8, 4) is 0 Å². The van der Waals surface area contributed by atoms with Gasteiger partial charge in [0.15, 0.2) is 0 Å². The number of anilines is 1. The highest BCUT2D eigenvalue weighted by molar-refractivity contribution is 9.10. The van der Waals surface area contributed by atoms with Gasteiger partial charge in [-0.3, -0.25) is 0 Å². The van der Waals surface area contributed by atoms with Gasteiger partial charge in [0.1, 0.15) is 0 Å². The molecule has 1 N–H and O–H groups in total. The van der Waals surface area contributed by atoms with Gasteiger partial charge < -0.3 is 10.2 Å². The van der Waals surface area contributed by atoms with Gasteiger partial charge in [-0.25, -0.2) is 0 Å². The smallest absolute Gasteiger partial charge is 0.0603 e. The van der Waals surface area contributed by atoms with Crippen LogP contribution in [-0.4, -0.2) is 14.1 Å². The molecule has 0 saturated heterocycles. The molecule has 1 aromatic heterocycles. The van der Waals surface area contributed by atoms with Crippen LogP contribution in [0.3, 0.4) is 0 Å². The van der Waals surface area contributed by atoms with E-state index in [-0.39, 0.29) is 0 Å². The van der Waals surface area contributed by atoms with Crippen LogP contribution in [0.2, 0.25) is 0 Å². The number of rotatable bonds is 5. The van der Waals surface area contributed by atoms with Crippen molar-refractivity contribution in [2.45, 2.75) is 25.9 Å². The molecule has 0 radical (unpaired) electrons. The fourth-order valence-corrected chi connectivity index (χ4v) is 3.45. The summed E-state index contributed by atoms with van der Waals surface area (Å²) in [6.07, 6.45) is 0. The number of hydrogen-bond acceptors (Lipinski definition) is 3. The van der Waals surface area contributed by atoms with Crippen molar-refractivity contribution in [2.24, 2.45) is 0 Å². The molecule has 0 aliphatic heterocycles. The van der Waals surface area contributed by atoms with Crippen LogP contribution in [0.4, 0.5) is 5.69 Å². The molecule has 2 rings (SSSR count). The first kappa shape index (κ1) is 15.5. The van der Waals surface area contributed by atoms with E-state index < -0.39 is 0 Å². The van der Waals surface area contributed by atoms with E-state index in [2.05, 4.69) is 82.8 Å². The van der Waals surface area contributed by atoms with Crippen LogP contribution in [-0.2, 0) is 0 Å².